The van der Waals surface area contributed by atoms with Crippen LogP contribution in [0.25, 0.3) is 0 Å². The molecule has 0 bridgehead atoms. The molecule has 1 heterocycles. The number of anilines is 1. The van der Waals surface area contributed by atoms with Crippen LogP contribution in [0.4, 0.5) is 5.69 Å². The molecule has 0 aliphatic carbocycles. The smallest absolute Gasteiger partial charge is 0.339 e. The minimum atomic E-state index is -0.939. The van der Waals surface area contributed by atoms with Gasteiger partial charge in [0.05, 0.1) is 5.56 Å². The first-order valence-corrected chi connectivity index (χ1v) is 8.36. The summed E-state index contributed by atoms with van der Waals surface area (Å²) in [6.07, 6.45) is 2.03. The van der Waals surface area contributed by atoms with E-state index in [1.165, 1.54) is 31.5 Å². The van der Waals surface area contributed by atoms with Crippen molar-refractivity contribution in [2.45, 2.75) is 13.0 Å². The van der Waals surface area contributed by atoms with E-state index >= 15 is 0 Å². The van der Waals surface area contributed by atoms with Gasteiger partial charge in [-0.1, -0.05) is 18.2 Å². The average Bonchev–Trinajstić information content (AvgIpc) is 2.71. The molecule has 0 fully saturated rings. The number of hydrogen-bond donors (Lipinski definition) is 1. The second-order valence-corrected chi connectivity index (χ2v) is 5.71. The highest BCUT2D eigenvalue weighted by Crippen LogP contribution is 2.22. The van der Waals surface area contributed by atoms with Gasteiger partial charge in [0.1, 0.15) is 11.5 Å². The van der Waals surface area contributed by atoms with Gasteiger partial charge in [-0.25, -0.2) is 4.79 Å². The Morgan fingerprint density at radius 1 is 0.889 bits per heavy atom. The predicted octanol–water partition coefficient (Wildman–Crippen LogP) is 4.06. The van der Waals surface area contributed by atoms with Gasteiger partial charge in [0.15, 0.2) is 6.10 Å². The van der Waals surface area contributed by atoms with Crippen molar-refractivity contribution in [2.24, 2.45) is 0 Å². The van der Waals surface area contributed by atoms with E-state index in [0.29, 0.717) is 17.0 Å². The lowest BCUT2D eigenvalue weighted by molar-refractivity contribution is -0.123. The Morgan fingerprint density at radius 3 is 2.19 bits per heavy atom. The zero-order chi connectivity index (χ0) is 19.1. The number of carbonyl (C=O) groups excluding carboxylic acids is 2. The number of carbonyl (C=O) groups is 2. The fraction of sp³-hybridized carbons (Fsp3) is 0.0952. The van der Waals surface area contributed by atoms with Crippen molar-refractivity contribution in [2.75, 3.05) is 5.32 Å². The molecule has 1 aromatic heterocycles. The number of rotatable bonds is 6. The van der Waals surface area contributed by atoms with Crippen molar-refractivity contribution < 1.29 is 19.1 Å². The van der Waals surface area contributed by atoms with Crippen LogP contribution < -0.4 is 10.1 Å². The number of nitrogens with one attached hydrogen (secondary N) is 1. The molecule has 0 aliphatic heterocycles. The normalized spacial score (nSPS) is 11.3. The van der Waals surface area contributed by atoms with Gasteiger partial charge in [0.25, 0.3) is 5.91 Å². The molecule has 6 heteroatoms. The number of amides is 1. The monoisotopic (exact) mass is 362 g/mol. The van der Waals surface area contributed by atoms with Gasteiger partial charge in [-0.15, -0.1) is 0 Å². The van der Waals surface area contributed by atoms with Crippen LogP contribution in [0.15, 0.2) is 79.1 Å². The lowest BCUT2D eigenvalue weighted by Gasteiger charge is -2.14. The zero-order valence-corrected chi connectivity index (χ0v) is 14.7. The van der Waals surface area contributed by atoms with Crippen LogP contribution >= 0.6 is 0 Å². The number of aromatic nitrogens is 1. The Labute approximate surface area is 156 Å². The molecule has 0 saturated heterocycles. The van der Waals surface area contributed by atoms with E-state index in [1.54, 1.807) is 24.3 Å². The highest BCUT2D eigenvalue weighted by atomic mass is 16.5. The Morgan fingerprint density at radius 2 is 1.52 bits per heavy atom. The van der Waals surface area contributed by atoms with Crippen LogP contribution in [0.5, 0.6) is 11.5 Å². The number of nitrogens with zero attached hydrogens (tertiary/aromatic N) is 1. The summed E-state index contributed by atoms with van der Waals surface area (Å²) in [5.74, 6) is 0.378. The first-order valence-electron chi connectivity index (χ1n) is 8.36. The summed E-state index contributed by atoms with van der Waals surface area (Å²) in [6, 6.07) is 19.4. The quantitative estimate of drug-likeness (QED) is 0.669. The van der Waals surface area contributed by atoms with Crippen LogP contribution in [0.3, 0.4) is 0 Å². The third-order valence-electron chi connectivity index (χ3n) is 3.67. The molecular formula is C21H18N2O4. The topological polar surface area (TPSA) is 77.5 Å². The Bertz CT molecular complexity index is 896. The van der Waals surface area contributed by atoms with Gasteiger partial charge in [0.2, 0.25) is 0 Å². The molecule has 2 aromatic carbocycles. The van der Waals surface area contributed by atoms with E-state index in [4.69, 9.17) is 9.47 Å². The summed E-state index contributed by atoms with van der Waals surface area (Å²) in [4.78, 5) is 28.0. The van der Waals surface area contributed by atoms with Gasteiger partial charge >= 0.3 is 5.97 Å². The maximum absolute atomic E-state index is 12.2. The van der Waals surface area contributed by atoms with E-state index in [1.807, 2.05) is 30.3 Å². The molecule has 0 aliphatic rings. The number of benzene rings is 2. The molecule has 3 aromatic rings. The van der Waals surface area contributed by atoms with Gasteiger partial charge in [-0.3, -0.25) is 9.78 Å². The average molecular weight is 362 g/mol. The van der Waals surface area contributed by atoms with Crippen LogP contribution in [0.2, 0.25) is 0 Å². The highest BCUT2D eigenvalue weighted by molar-refractivity contribution is 5.97. The van der Waals surface area contributed by atoms with Crippen molar-refractivity contribution in [3.63, 3.8) is 0 Å². The predicted molar refractivity (Wildman–Crippen MR) is 101 cm³/mol. The van der Waals surface area contributed by atoms with E-state index in [9.17, 15) is 9.59 Å². The SMILES string of the molecule is C[C@@H](OC(=O)c1ccncc1)C(=O)Nc1ccc(Oc2ccccc2)cc1. The minimum Gasteiger partial charge on any atom is -0.457 e. The summed E-state index contributed by atoms with van der Waals surface area (Å²) in [5.41, 5.74) is 0.916. The Hall–Kier alpha value is -3.67. The number of pyridine rings is 1. The maximum atomic E-state index is 12.2. The first kappa shape index (κ1) is 18.1. The maximum Gasteiger partial charge on any atom is 0.339 e. The van der Waals surface area contributed by atoms with Crippen LogP contribution in [0.1, 0.15) is 17.3 Å². The summed E-state index contributed by atoms with van der Waals surface area (Å²) in [5, 5.41) is 2.71. The third kappa shape index (κ3) is 5.15. The van der Waals surface area contributed by atoms with E-state index in [2.05, 4.69) is 10.3 Å². The molecule has 0 saturated carbocycles. The Kier molecular flexibility index (Phi) is 5.79. The summed E-state index contributed by atoms with van der Waals surface area (Å²) < 4.78 is 10.9. The summed E-state index contributed by atoms with van der Waals surface area (Å²) >= 11 is 0. The largest absolute Gasteiger partial charge is 0.457 e. The van der Waals surface area contributed by atoms with Gasteiger partial charge < -0.3 is 14.8 Å². The van der Waals surface area contributed by atoms with Crippen molar-refractivity contribution in [1.82, 2.24) is 4.98 Å². The number of para-hydroxylation sites is 1. The number of esters is 1. The molecular weight excluding hydrogens is 344 g/mol. The highest BCUT2D eigenvalue weighted by Gasteiger charge is 2.19. The Balaban J connectivity index is 1.55. The van der Waals surface area contributed by atoms with Gasteiger partial charge in [-0.2, -0.15) is 0 Å². The molecule has 1 atom stereocenters. The molecule has 0 unspecified atom stereocenters. The van der Waals surface area contributed by atoms with Gasteiger partial charge in [-0.05, 0) is 55.5 Å². The van der Waals surface area contributed by atoms with E-state index in [0.717, 1.165) is 5.75 Å². The molecule has 6 nitrogen and oxygen atoms in total. The molecule has 0 radical (unpaired) electrons. The fourth-order valence-electron chi connectivity index (χ4n) is 2.24. The third-order valence-corrected chi connectivity index (χ3v) is 3.67. The molecule has 136 valence electrons. The van der Waals surface area contributed by atoms with Crippen LogP contribution in [-0.2, 0) is 9.53 Å². The molecule has 3 rings (SSSR count). The number of hydrogen-bond acceptors (Lipinski definition) is 5. The molecule has 0 spiro atoms. The van der Waals surface area contributed by atoms with E-state index in [-0.39, 0.29) is 0 Å². The molecule has 1 amide bonds. The zero-order valence-electron chi connectivity index (χ0n) is 14.7. The fourth-order valence-corrected chi connectivity index (χ4v) is 2.24. The van der Waals surface area contributed by atoms with Crippen molar-refractivity contribution >= 4 is 17.6 Å². The lowest BCUT2D eigenvalue weighted by Crippen LogP contribution is -2.30. The van der Waals surface area contributed by atoms with Crippen LogP contribution in [-0.4, -0.2) is 23.0 Å². The van der Waals surface area contributed by atoms with E-state index < -0.39 is 18.0 Å². The second kappa shape index (κ2) is 8.62. The number of ether oxygens (including phenoxy) is 2. The van der Waals surface area contributed by atoms with Crippen molar-refractivity contribution in [3.8, 4) is 11.5 Å². The molecule has 1 N–H and O–H groups in total. The molecule has 27 heavy (non-hydrogen) atoms. The van der Waals surface area contributed by atoms with Crippen LogP contribution in [0, 0.1) is 0 Å². The first-order chi connectivity index (χ1) is 13.1. The summed E-state index contributed by atoms with van der Waals surface area (Å²) in [7, 11) is 0. The lowest BCUT2D eigenvalue weighted by atomic mass is 10.2. The van der Waals surface area contributed by atoms with Crippen molar-refractivity contribution in [1.29, 1.82) is 0 Å². The second-order valence-electron chi connectivity index (χ2n) is 5.71. The van der Waals surface area contributed by atoms with Crippen molar-refractivity contribution in [3.05, 3.63) is 84.7 Å². The standard InChI is InChI=1S/C21H18N2O4/c1-15(26-21(25)16-11-13-22-14-12-16)20(24)23-17-7-9-19(10-8-17)27-18-5-3-2-4-6-18/h2-15H,1H3,(H,23,24)/t15-/m1/s1. The van der Waals surface area contributed by atoms with Gasteiger partial charge in [0, 0.05) is 18.1 Å². The summed E-state index contributed by atoms with van der Waals surface area (Å²) in [6.45, 7) is 1.52. The minimum absolute atomic E-state index is 0.340.